The third kappa shape index (κ3) is 3.38. The van der Waals surface area contributed by atoms with Crippen LogP contribution in [0.2, 0.25) is 0 Å². The number of halogens is 1. The van der Waals surface area contributed by atoms with Gasteiger partial charge >= 0.3 is 5.97 Å². The van der Waals surface area contributed by atoms with Gasteiger partial charge in [-0.2, -0.15) is 12.6 Å². The summed E-state index contributed by atoms with van der Waals surface area (Å²) in [5, 5.41) is 10.7. The van der Waals surface area contributed by atoms with Crippen LogP contribution in [0.15, 0.2) is 18.2 Å². The molecule has 0 bridgehead atoms. The molecule has 1 aromatic rings. The zero-order chi connectivity index (χ0) is 11.4. The second-order valence-corrected chi connectivity index (χ2v) is 4.12. The number of ether oxygens (including phenoxy) is 1. The number of aromatic carboxylic acids is 1. The zero-order valence-electron chi connectivity index (χ0n) is 7.40. The fourth-order valence-electron chi connectivity index (χ4n) is 0.906. The maximum atomic E-state index is 10.9. The number of rotatable bonds is 3. The summed E-state index contributed by atoms with van der Waals surface area (Å²) in [6.07, 6.45) is 0. The van der Waals surface area contributed by atoms with Gasteiger partial charge in [0.05, 0.1) is 11.7 Å². The van der Waals surface area contributed by atoms with Crippen molar-refractivity contribution in [3.63, 3.8) is 0 Å². The molecular formula is C9H6IO4S-. The van der Waals surface area contributed by atoms with Crippen molar-refractivity contribution in [1.29, 1.82) is 0 Å². The molecule has 1 aromatic carbocycles. The molecule has 80 valence electrons. The molecule has 0 aliphatic carbocycles. The van der Waals surface area contributed by atoms with Crippen molar-refractivity contribution in [2.24, 2.45) is 0 Å². The second-order valence-electron chi connectivity index (χ2n) is 2.56. The van der Waals surface area contributed by atoms with E-state index in [-0.39, 0.29) is 17.1 Å². The Morgan fingerprint density at radius 2 is 2.13 bits per heavy atom. The van der Waals surface area contributed by atoms with Gasteiger partial charge in [0.15, 0.2) is 0 Å². The van der Waals surface area contributed by atoms with Gasteiger partial charge < -0.3 is 14.6 Å². The van der Waals surface area contributed by atoms with Crippen LogP contribution in [0.25, 0.3) is 0 Å². The first-order valence-corrected chi connectivity index (χ1v) is 5.58. The van der Waals surface area contributed by atoms with Crippen molar-refractivity contribution >= 4 is 47.2 Å². The Bertz CT molecular complexity index is 405. The van der Waals surface area contributed by atoms with Gasteiger partial charge in [-0.25, -0.2) is 0 Å². The van der Waals surface area contributed by atoms with E-state index in [9.17, 15) is 14.7 Å². The van der Waals surface area contributed by atoms with Gasteiger partial charge in [0.25, 0.3) is 0 Å². The summed E-state index contributed by atoms with van der Waals surface area (Å²) in [4.78, 5) is 21.6. The summed E-state index contributed by atoms with van der Waals surface area (Å²) in [5.41, 5.74) is -0.142. The Kier molecular flexibility index (Phi) is 4.40. The van der Waals surface area contributed by atoms with E-state index in [4.69, 9.17) is 4.74 Å². The number of carboxylic acid groups (broad SMARTS) is 1. The standard InChI is InChI=1S/C9H7IO4S/c10-5-1-2-7(14-8(11)4-15)6(3-5)9(12)13/h1-3,15H,4H2,(H,12,13)/p-1. The first kappa shape index (κ1) is 12.3. The number of hydrogen-bond acceptors (Lipinski definition) is 5. The highest BCUT2D eigenvalue weighted by molar-refractivity contribution is 14.1. The lowest BCUT2D eigenvalue weighted by Gasteiger charge is -2.10. The summed E-state index contributed by atoms with van der Waals surface area (Å²) in [6.45, 7) is 0. The molecule has 0 aliphatic rings. The monoisotopic (exact) mass is 337 g/mol. The van der Waals surface area contributed by atoms with Crippen molar-refractivity contribution in [2.45, 2.75) is 0 Å². The van der Waals surface area contributed by atoms with E-state index in [2.05, 4.69) is 12.6 Å². The molecular weight excluding hydrogens is 331 g/mol. The van der Waals surface area contributed by atoms with E-state index < -0.39 is 11.9 Å². The van der Waals surface area contributed by atoms with Crippen LogP contribution in [0, 0.1) is 3.57 Å². The van der Waals surface area contributed by atoms with E-state index in [1.807, 2.05) is 22.6 Å². The largest absolute Gasteiger partial charge is 0.545 e. The maximum absolute atomic E-state index is 10.9. The van der Waals surface area contributed by atoms with E-state index in [1.165, 1.54) is 12.1 Å². The first-order chi connectivity index (χ1) is 7.04. The lowest BCUT2D eigenvalue weighted by atomic mass is 10.2. The van der Waals surface area contributed by atoms with Gasteiger partial charge in [-0.1, -0.05) is 0 Å². The molecule has 0 fully saturated rings. The molecule has 0 radical (unpaired) electrons. The van der Waals surface area contributed by atoms with Gasteiger partial charge in [-0.3, -0.25) is 4.79 Å². The van der Waals surface area contributed by atoms with Crippen LogP contribution in [0.1, 0.15) is 10.4 Å². The van der Waals surface area contributed by atoms with Crippen LogP contribution in [0.3, 0.4) is 0 Å². The predicted molar refractivity (Wildman–Crippen MR) is 63.0 cm³/mol. The molecule has 1 rings (SSSR count). The van der Waals surface area contributed by atoms with E-state index in [0.29, 0.717) is 0 Å². The fourth-order valence-corrected chi connectivity index (χ4v) is 1.46. The molecule has 0 saturated carbocycles. The average Bonchev–Trinajstić information content (AvgIpc) is 2.20. The highest BCUT2D eigenvalue weighted by atomic mass is 127. The molecule has 0 aromatic heterocycles. The summed E-state index contributed by atoms with van der Waals surface area (Å²) in [6, 6.07) is 4.42. The van der Waals surface area contributed by atoms with Crippen molar-refractivity contribution in [3.8, 4) is 5.75 Å². The number of benzene rings is 1. The molecule has 0 saturated heterocycles. The number of thiol groups is 1. The Morgan fingerprint density at radius 3 is 2.67 bits per heavy atom. The molecule has 0 unspecified atom stereocenters. The fraction of sp³-hybridized carbons (Fsp3) is 0.111. The molecule has 0 N–H and O–H groups in total. The Morgan fingerprint density at radius 1 is 1.47 bits per heavy atom. The Labute approximate surface area is 105 Å². The van der Waals surface area contributed by atoms with Crippen LogP contribution < -0.4 is 9.84 Å². The minimum absolute atomic E-state index is 0.0190. The molecule has 4 nitrogen and oxygen atoms in total. The van der Waals surface area contributed by atoms with Crippen LogP contribution in [0.4, 0.5) is 0 Å². The van der Waals surface area contributed by atoms with Gasteiger partial charge in [0.2, 0.25) is 0 Å². The number of carboxylic acids is 1. The Hall–Kier alpha value is -0.760. The van der Waals surface area contributed by atoms with Crippen LogP contribution in [-0.4, -0.2) is 17.7 Å². The highest BCUT2D eigenvalue weighted by Crippen LogP contribution is 2.20. The predicted octanol–water partition coefficient (Wildman–Crippen LogP) is 0.490. The molecule has 0 heterocycles. The number of carbonyl (C=O) groups excluding carboxylic acids is 2. The minimum atomic E-state index is -1.38. The molecule has 0 aliphatic heterocycles. The van der Waals surface area contributed by atoms with Crippen molar-refractivity contribution in [1.82, 2.24) is 0 Å². The van der Waals surface area contributed by atoms with Gasteiger partial charge in [0.1, 0.15) is 5.75 Å². The molecule has 15 heavy (non-hydrogen) atoms. The topological polar surface area (TPSA) is 66.4 Å². The first-order valence-electron chi connectivity index (χ1n) is 3.87. The average molecular weight is 337 g/mol. The molecule has 6 heteroatoms. The summed E-state index contributed by atoms with van der Waals surface area (Å²) in [5.74, 6) is -2.12. The van der Waals surface area contributed by atoms with E-state index in [1.54, 1.807) is 6.07 Å². The van der Waals surface area contributed by atoms with E-state index in [0.717, 1.165) is 3.57 Å². The maximum Gasteiger partial charge on any atom is 0.321 e. The number of hydrogen-bond donors (Lipinski definition) is 1. The molecule has 0 amide bonds. The lowest BCUT2D eigenvalue weighted by molar-refractivity contribution is -0.255. The number of carbonyl (C=O) groups is 2. The normalized spacial score (nSPS) is 9.73. The minimum Gasteiger partial charge on any atom is -0.545 e. The Balaban J connectivity index is 3.06. The zero-order valence-corrected chi connectivity index (χ0v) is 10.4. The summed E-state index contributed by atoms with van der Waals surface area (Å²) < 4.78 is 5.49. The number of esters is 1. The summed E-state index contributed by atoms with van der Waals surface area (Å²) in [7, 11) is 0. The van der Waals surface area contributed by atoms with Crippen molar-refractivity contribution in [3.05, 3.63) is 27.3 Å². The quantitative estimate of drug-likeness (QED) is 0.377. The van der Waals surface area contributed by atoms with Crippen molar-refractivity contribution < 1.29 is 19.4 Å². The summed E-state index contributed by atoms with van der Waals surface area (Å²) >= 11 is 5.66. The van der Waals surface area contributed by atoms with Crippen LogP contribution in [0.5, 0.6) is 5.75 Å². The van der Waals surface area contributed by atoms with Gasteiger partial charge in [-0.05, 0) is 40.8 Å². The van der Waals surface area contributed by atoms with Crippen LogP contribution in [-0.2, 0) is 4.79 Å². The van der Waals surface area contributed by atoms with Crippen molar-refractivity contribution in [2.75, 3.05) is 5.75 Å². The molecule has 0 spiro atoms. The lowest BCUT2D eigenvalue weighted by Crippen LogP contribution is -2.24. The highest BCUT2D eigenvalue weighted by Gasteiger charge is 2.09. The molecule has 0 atom stereocenters. The van der Waals surface area contributed by atoms with Crippen LogP contribution >= 0.6 is 35.2 Å². The smallest absolute Gasteiger partial charge is 0.321 e. The SMILES string of the molecule is O=C(CS)Oc1ccc(I)cc1C(=O)[O-]. The third-order valence-electron chi connectivity index (χ3n) is 1.51. The van der Waals surface area contributed by atoms with E-state index >= 15 is 0 Å². The second kappa shape index (κ2) is 5.36. The van der Waals surface area contributed by atoms with Gasteiger partial charge in [0, 0.05) is 9.13 Å². The third-order valence-corrected chi connectivity index (χ3v) is 2.44. The van der Waals surface area contributed by atoms with Gasteiger partial charge in [-0.15, -0.1) is 0 Å².